The zero-order valence-corrected chi connectivity index (χ0v) is 17.6. The molecule has 0 N–H and O–H groups in total. The minimum atomic E-state index is 0.496. The van der Waals surface area contributed by atoms with Gasteiger partial charge in [-0.2, -0.15) is 0 Å². The maximum atomic E-state index is 4.93. The summed E-state index contributed by atoms with van der Waals surface area (Å²) in [6.45, 7) is 14.5. The molecule has 6 atom stereocenters. The Morgan fingerprint density at radius 3 is 2.69 bits per heavy atom. The number of fused-ring (bicyclic) bond motifs is 5. The van der Waals surface area contributed by atoms with Gasteiger partial charge in [-0.3, -0.25) is 4.99 Å². The van der Waals surface area contributed by atoms with Crippen molar-refractivity contribution < 1.29 is 0 Å². The fraction of sp³-hybridized carbons (Fsp3) is 0.800. The predicted molar refractivity (Wildman–Crippen MR) is 113 cm³/mol. The third-order valence-corrected chi connectivity index (χ3v) is 9.13. The lowest BCUT2D eigenvalue weighted by molar-refractivity contribution is -0.0431. The van der Waals surface area contributed by atoms with Gasteiger partial charge in [0.1, 0.15) is 0 Å². The average molecular weight is 354 g/mol. The summed E-state index contributed by atoms with van der Waals surface area (Å²) in [7, 11) is 0. The molecule has 26 heavy (non-hydrogen) atoms. The van der Waals surface area contributed by atoms with Gasteiger partial charge in [-0.05, 0) is 100 Å². The van der Waals surface area contributed by atoms with Crippen molar-refractivity contribution in [2.24, 2.45) is 39.5 Å². The molecule has 0 spiro atoms. The van der Waals surface area contributed by atoms with Crippen LogP contribution < -0.4 is 0 Å². The summed E-state index contributed by atoms with van der Waals surface area (Å²) in [6.07, 6.45) is 15.4. The molecule has 3 fully saturated rings. The van der Waals surface area contributed by atoms with Crippen molar-refractivity contribution in [3.8, 4) is 0 Å². The first-order valence-electron chi connectivity index (χ1n) is 11.2. The Kier molecular flexibility index (Phi) is 4.73. The normalized spacial score (nSPS) is 45.4. The van der Waals surface area contributed by atoms with Gasteiger partial charge in [-0.15, -0.1) is 0 Å². The molecular formula is C25H39N. The van der Waals surface area contributed by atoms with Crippen LogP contribution in [0.1, 0.15) is 85.5 Å². The van der Waals surface area contributed by atoms with Gasteiger partial charge >= 0.3 is 0 Å². The van der Waals surface area contributed by atoms with Crippen LogP contribution in [0.5, 0.6) is 0 Å². The maximum absolute atomic E-state index is 4.93. The Labute approximate surface area is 161 Å². The molecule has 0 aromatic rings. The van der Waals surface area contributed by atoms with Crippen LogP contribution in [0.3, 0.4) is 0 Å². The van der Waals surface area contributed by atoms with Crippen LogP contribution >= 0.6 is 0 Å². The van der Waals surface area contributed by atoms with E-state index in [1.807, 2.05) is 5.57 Å². The molecule has 0 heterocycles. The minimum Gasteiger partial charge on any atom is -0.290 e. The molecule has 144 valence electrons. The second kappa shape index (κ2) is 6.64. The van der Waals surface area contributed by atoms with E-state index >= 15 is 0 Å². The highest BCUT2D eigenvalue weighted by molar-refractivity contribution is 5.85. The fourth-order valence-corrected chi connectivity index (χ4v) is 7.81. The van der Waals surface area contributed by atoms with Gasteiger partial charge in [-0.25, -0.2) is 0 Å². The van der Waals surface area contributed by atoms with Crippen molar-refractivity contribution in [3.63, 3.8) is 0 Å². The van der Waals surface area contributed by atoms with E-state index in [1.54, 1.807) is 0 Å². The van der Waals surface area contributed by atoms with Gasteiger partial charge in [0.15, 0.2) is 0 Å². The summed E-state index contributed by atoms with van der Waals surface area (Å²) >= 11 is 0. The third-order valence-electron chi connectivity index (χ3n) is 9.13. The lowest BCUT2D eigenvalue weighted by Crippen LogP contribution is -2.50. The molecule has 1 nitrogen and oxygen atoms in total. The van der Waals surface area contributed by atoms with Crippen molar-refractivity contribution in [3.05, 3.63) is 23.8 Å². The molecule has 0 aliphatic heterocycles. The molecule has 0 amide bonds. The van der Waals surface area contributed by atoms with Gasteiger partial charge in [0.2, 0.25) is 0 Å². The largest absolute Gasteiger partial charge is 0.290 e. The van der Waals surface area contributed by atoms with Crippen LogP contribution in [0, 0.1) is 34.5 Å². The van der Waals surface area contributed by atoms with E-state index in [-0.39, 0.29) is 0 Å². The SMILES string of the molecule is C=C(C)CN=C(C)C1CCC2C3CCC4=CCCCC4(C)C3CCC12C. The first kappa shape index (κ1) is 18.5. The quantitative estimate of drug-likeness (QED) is 0.383. The van der Waals surface area contributed by atoms with E-state index in [4.69, 9.17) is 4.99 Å². The Hall–Kier alpha value is -0.850. The van der Waals surface area contributed by atoms with Gasteiger partial charge in [-0.1, -0.05) is 37.6 Å². The highest BCUT2D eigenvalue weighted by Crippen LogP contribution is 2.66. The highest BCUT2D eigenvalue weighted by Gasteiger charge is 2.58. The van der Waals surface area contributed by atoms with Gasteiger partial charge in [0, 0.05) is 11.6 Å². The fourth-order valence-electron chi connectivity index (χ4n) is 7.81. The maximum Gasteiger partial charge on any atom is 0.0593 e. The van der Waals surface area contributed by atoms with E-state index in [0.29, 0.717) is 16.7 Å². The van der Waals surface area contributed by atoms with Crippen molar-refractivity contribution in [2.45, 2.75) is 85.5 Å². The first-order valence-corrected chi connectivity index (χ1v) is 11.2. The van der Waals surface area contributed by atoms with Gasteiger partial charge in [0.25, 0.3) is 0 Å². The first-order chi connectivity index (χ1) is 12.4. The highest BCUT2D eigenvalue weighted by atomic mass is 14.8. The molecule has 0 bridgehead atoms. The molecule has 4 aliphatic carbocycles. The monoisotopic (exact) mass is 353 g/mol. The average Bonchev–Trinajstić information content (AvgIpc) is 2.96. The van der Waals surface area contributed by atoms with E-state index in [1.165, 1.54) is 69.1 Å². The molecular weight excluding hydrogens is 314 g/mol. The van der Waals surface area contributed by atoms with Crippen LogP contribution in [0.2, 0.25) is 0 Å². The lowest BCUT2D eigenvalue weighted by atomic mass is 9.47. The van der Waals surface area contributed by atoms with Crippen molar-refractivity contribution in [2.75, 3.05) is 6.54 Å². The molecule has 0 saturated heterocycles. The van der Waals surface area contributed by atoms with Crippen LogP contribution in [0.4, 0.5) is 0 Å². The number of hydrogen-bond donors (Lipinski definition) is 0. The standard InChI is InChI=1S/C25H39N/c1-17(2)16-26-18(3)21-11-12-22-20-10-9-19-8-6-7-14-24(19,4)23(20)13-15-25(21,22)5/h8,20-23H,1,6-7,9-16H2,2-5H3. The molecule has 4 aliphatic rings. The van der Waals surface area contributed by atoms with Crippen LogP contribution in [-0.2, 0) is 0 Å². The summed E-state index contributed by atoms with van der Waals surface area (Å²) in [4.78, 5) is 4.93. The van der Waals surface area contributed by atoms with Crippen LogP contribution in [-0.4, -0.2) is 12.3 Å². The van der Waals surface area contributed by atoms with E-state index < -0.39 is 0 Å². The molecule has 3 saturated carbocycles. The van der Waals surface area contributed by atoms with Crippen LogP contribution in [0.25, 0.3) is 0 Å². The lowest BCUT2D eigenvalue weighted by Gasteiger charge is -2.58. The van der Waals surface area contributed by atoms with E-state index in [9.17, 15) is 0 Å². The number of nitrogens with zero attached hydrogens (tertiary/aromatic N) is 1. The smallest absolute Gasteiger partial charge is 0.0593 e. The minimum absolute atomic E-state index is 0.496. The Bertz CT molecular complexity index is 641. The van der Waals surface area contributed by atoms with E-state index in [0.717, 1.165) is 24.3 Å². The Morgan fingerprint density at radius 1 is 1.12 bits per heavy atom. The van der Waals surface area contributed by atoms with Crippen molar-refractivity contribution in [1.82, 2.24) is 0 Å². The molecule has 0 aromatic carbocycles. The number of rotatable bonds is 3. The zero-order chi connectivity index (χ0) is 18.5. The molecule has 0 aromatic heterocycles. The van der Waals surface area contributed by atoms with Gasteiger partial charge < -0.3 is 0 Å². The summed E-state index contributed by atoms with van der Waals surface area (Å²) in [5, 5.41) is 0. The second-order valence-electron chi connectivity index (χ2n) is 10.5. The Morgan fingerprint density at radius 2 is 1.92 bits per heavy atom. The Balaban J connectivity index is 1.58. The van der Waals surface area contributed by atoms with Gasteiger partial charge in [0.05, 0.1) is 6.54 Å². The van der Waals surface area contributed by atoms with E-state index in [2.05, 4.69) is 40.3 Å². The number of aliphatic imine (C=N–C) groups is 1. The van der Waals surface area contributed by atoms with Crippen molar-refractivity contribution >= 4 is 5.71 Å². The molecule has 6 unspecified atom stereocenters. The van der Waals surface area contributed by atoms with Crippen molar-refractivity contribution in [1.29, 1.82) is 0 Å². The summed E-state index contributed by atoms with van der Waals surface area (Å²) in [5.74, 6) is 3.56. The topological polar surface area (TPSA) is 12.4 Å². The third kappa shape index (κ3) is 2.76. The summed E-state index contributed by atoms with van der Waals surface area (Å²) in [6, 6.07) is 0. The summed E-state index contributed by atoms with van der Waals surface area (Å²) < 4.78 is 0. The summed E-state index contributed by atoms with van der Waals surface area (Å²) in [5.41, 5.74) is 5.46. The number of hydrogen-bond acceptors (Lipinski definition) is 1. The van der Waals surface area contributed by atoms with Crippen LogP contribution in [0.15, 0.2) is 28.8 Å². The molecule has 0 radical (unpaired) electrons. The molecule has 4 rings (SSSR count). The number of allylic oxidation sites excluding steroid dienone is 2. The second-order valence-corrected chi connectivity index (χ2v) is 10.5. The zero-order valence-electron chi connectivity index (χ0n) is 17.6. The predicted octanol–water partition coefficient (Wildman–Crippen LogP) is 6.99. The molecule has 1 heteroatoms.